The molecule has 2 aliphatic rings. The van der Waals surface area contributed by atoms with Crippen molar-refractivity contribution in [3.05, 3.63) is 53.1 Å². The van der Waals surface area contributed by atoms with Crippen molar-refractivity contribution in [1.29, 1.82) is 0 Å². The molecular formula is C20H21N5O2S. The van der Waals surface area contributed by atoms with Gasteiger partial charge in [0.25, 0.3) is 5.91 Å². The molecule has 1 aliphatic heterocycles. The molecule has 0 radical (unpaired) electrons. The number of likely N-dealkylation sites (tertiary alicyclic amines) is 1. The van der Waals surface area contributed by atoms with E-state index in [1.54, 1.807) is 28.4 Å². The molecule has 0 unspecified atom stereocenters. The summed E-state index contributed by atoms with van der Waals surface area (Å²) in [6.45, 7) is 1.47. The number of aliphatic hydroxyl groups is 1. The predicted molar refractivity (Wildman–Crippen MR) is 105 cm³/mol. The molecule has 1 amide bonds. The van der Waals surface area contributed by atoms with Gasteiger partial charge in [-0.1, -0.05) is 5.21 Å². The van der Waals surface area contributed by atoms with Gasteiger partial charge in [0.1, 0.15) is 5.69 Å². The summed E-state index contributed by atoms with van der Waals surface area (Å²) in [4.78, 5) is 18.7. The molecule has 1 saturated heterocycles. The highest BCUT2D eigenvalue weighted by atomic mass is 32.1. The Hall–Kier alpha value is -2.58. The fourth-order valence-electron chi connectivity index (χ4n) is 4.52. The predicted octanol–water partition coefficient (Wildman–Crippen LogP) is 2.49. The average molecular weight is 395 g/mol. The summed E-state index contributed by atoms with van der Waals surface area (Å²) in [5, 5.41) is 23.1. The fraction of sp³-hybridized carbons (Fsp3) is 0.400. The van der Waals surface area contributed by atoms with Crippen LogP contribution in [0.2, 0.25) is 0 Å². The Balaban J connectivity index is 1.31. The fourth-order valence-corrected chi connectivity index (χ4v) is 5.15. The molecule has 2 fully saturated rings. The van der Waals surface area contributed by atoms with Gasteiger partial charge in [0.05, 0.1) is 23.9 Å². The summed E-state index contributed by atoms with van der Waals surface area (Å²) < 4.78 is 1.79. The summed E-state index contributed by atoms with van der Waals surface area (Å²) in [7, 11) is 0. The lowest BCUT2D eigenvalue weighted by Crippen LogP contribution is -2.36. The molecule has 5 rings (SSSR count). The lowest BCUT2D eigenvalue weighted by atomic mass is 9.77. The number of fused-ring (bicyclic) bond motifs is 1. The first kappa shape index (κ1) is 17.5. The second-order valence-electron chi connectivity index (χ2n) is 7.67. The molecule has 28 heavy (non-hydrogen) atoms. The molecule has 4 atom stereocenters. The monoisotopic (exact) mass is 395 g/mol. The summed E-state index contributed by atoms with van der Waals surface area (Å²) in [5.41, 5.74) is 2.49. The van der Waals surface area contributed by atoms with Gasteiger partial charge in [0.2, 0.25) is 0 Å². The quantitative estimate of drug-likeness (QED) is 0.737. The minimum atomic E-state index is -0.482. The Bertz CT molecular complexity index is 958. The van der Waals surface area contributed by atoms with Crippen LogP contribution < -0.4 is 0 Å². The van der Waals surface area contributed by atoms with Gasteiger partial charge >= 0.3 is 0 Å². The van der Waals surface area contributed by atoms with Crippen LogP contribution in [0.25, 0.3) is 11.3 Å². The zero-order valence-corrected chi connectivity index (χ0v) is 16.1. The first-order valence-electron chi connectivity index (χ1n) is 9.51. The number of amides is 1. The Kier molecular flexibility index (Phi) is 4.44. The van der Waals surface area contributed by atoms with Crippen LogP contribution in [0.15, 0.2) is 47.5 Å². The summed E-state index contributed by atoms with van der Waals surface area (Å²) >= 11 is 1.54. The van der Waals surface area contributed by atoms with E-state index in [4.69, 9.17) is 0 Å². The van der Waals surface area contributed by atoms with E-state index in [0.29, 0.717) is 18.3 Å². The summed E-state index contributed by atoms with van der Waals surface area (Å²) in [5.74, 6) is 0.823. The number of aromatic nitrogens is 4. The number of pyridine rings is 1. The van der Waals surface area contributed by atoms with Gasteiger partial charge in [-0.2, -0.15) is 11.3 Å². The lowest BCUT2D eigenvalue weighted by Gasteiger charge is -2.34. The molecule has 3 aromatic rings. The summed E-state index contributed by atoms with van der Waals surface area (Å²) in [6.07, 6.45) is 6.36. The first-order chi connectivity index (χ1) is 13.7. The Labute approximate surface area is 166 Å². The Morgan fingerprint density at radius 3 is 2.68 bits per heavy atom. The van der Waals surface area contributed by atoms with Crippen molar-refractivity contribution in [3.8, 4) is 11.3 Å². The van der Waals surface area contributed by atoms with Crippen LogP contribution in [0.4, 0.5) is 0 Å². The standard InChI is InChI=1S/C20H21N5O2S/c26-19-8-16-10-24(20(27)14-3-6-28-12-14)9-15(16)7-18(19)25-11-17(22-23-25)13-1-4-21-5-2-13/h1-6,11-12,15-16,18-19,26H,7-10H2/t15-,16+,18-,19-/m1/s1. The third-order valence-electron chi connectivity index (χ3n) is 5.99. The van der Waals surface area contributed by atoms with Crippen molar-refractivity contribution in [3.63, 3.8) is 0 Å². The molecule has 4 heterocycles. The van der Waals surface area contributed by atoms with Crippen LogP contribution in [-0.2, 0) is 0 Å². The maximum atomic E-state index is 12.7. The Morgan fingerprint density at radius 2 is 1.93 bits per heavy atom. The molecule has 3 aromatic heterocycles. The second kappa shape index (κ2) is 7.10. The van der Waals surface area contributed by atoms with Crippen molar-refractivity contribution in [2.75, 3.05) is 13.1 Å². The van der Waals surface area contributed by atoms with Gasteiger partial charge in [0, 0.05) is 36.4 Å². The second-order valence-corrected chi connectivity index (χ2v) is 8.45. The van der Waals surface area contributed by atoms with Gasteiger partial charge in [-0.05, 0) is 48.3 Å². The number of rotatable bonds is 3. The van der Waals surface area contributed by atoms with E-state index < -0.39 is 6.10 Å². The van der Waals surface area contributed by atoms with Crippen molar-refractivity contribution < 1.29 is 9.90 Å². The van der Waals surface area contributed by atoms with Gasteiger partial charge in [-0.25, -0.2) is 4.68 Å². The zero-order chi connectivity index (χ0) is 19.1. The smallest absolute Gasteiger partial charge is 0.254 e. The van der Waals surface area contributed by atoms with Gasteiger partial charge < -0.3 is 10.0 Å². The van der Waals surface area contributed by atoms with Crippen LogP contribution in [-0.4, -0.2) is 55.1 Å². The SMILES string of the molecule is O=C(c1ccsc1)N1C[C@H]2C[C@@H](n3cc(-c4ccncc4)nn3)[C@H](O)C[C@H]2C1. The average Bonchev–Trinajstić information content (AvgIpc) is 3.47. The molecule has 1 N–H and O–H groups in total. The van der Waals surface area contributed by atoms with Crippen LogP contribution in [0.3, 0.4) is 0 Å². The highest BCUT2D eigenvalue weighted by molar-refractivity contribution is 7.08. The van der Waals surface area contributed by atoms with E-state index in [1.165, 1.54) is 0 Å². The maximum Gasteiger partial charge on any atom is 0.254 e. The van der Waals surface area contributed by atoms with Crippen molar-refractivity contribution in [2.45, 2.75) is 25.0 Å². The van der Waals surface area contributed by atoms with Crippen molar-refractivity contribution >= 4 is 17.2 Å². The minimum absolute atomic E-state index is 0.0995. The molecule has 0 bridgehead atoms. The lowest BCUT2D eigenvalue weighted by molar-refractivity contribution is 0.0298. The Morgan fingerprint density at radius 1 is 1.14 bits per heavy atom. The maximum absolute atomic E-state index is 12.7. The van der Waals surface area contributed by atoms with Crippen molar-refractivity contribution in [2.24, 2.45) is 11.8 Å². The number of hydrogen-bond donors (Lipinski definition) is 1. The molecule has 1 saturated carbocycles. The van der Waals surface area contributed by atoms with Crippen LogP contribution >= 0.6 is 11.3 Å². The number of thiophene rings is 1. The van der Waals surface area contributed by atoms with E-state index in [1.807, 2.05) is 40.1 Å². The molecular weight excluding hydrogens is 374 g/mol. The third-order valence-corrected chi connectivity index (χ3v) is 6.67. The zero-order valence-electron chi connectivity index (χ0n) is 15.3. The minimum Gasteiger partial charge on any atom is -0.391 e. The largest absolute Gasteiger partial charge is 0.391 e. The summed E-state index contributed by atoms with van der Waals surface area (Å²) in [6, 6.07) is 5.56. The number of hydrogen-bond acceptors (Lipinski definition) is 6. The first-order valence-corrected chi connectivity index (χ1v) is 10.4. The number of carbonyl (C=O) groups is 1. The van der Waals surface area contributed by atoms with Gasteiger partial charge in [-0.3, -0.25) is 9.78 Å². The van der Waals surface area contributed by atoms with Crippen LogP contribution in [0.1, 0.15) is 29.2 Å². The molecule has 1 aliphatic carbocycles. The van der Waals surface area contributed by atoms with Crippen molar-refractivity contribution in [1.82, 2.24) is 24.9 Å². The van der Waals surface area contributed by atoms with E-state index >= 15 is 0 Å². The highest BCUT2D eigenvalue weighted by Crippen LogP contribution is 2.41. The van der Waals surface area contributed by atoms with E-state index in [-0.39, 0.29) is 11.9 Å². The van der Waals surface area contributed by atoms with E-state index in [9.17, 15) is 9.90 Å². The number of nitrogens with zero attached hydrogens (tertiary/aromatic N) is 5. The molecule has 0 spiro atoms. The van der Waals surface area contributed by atoms with E-state index in [2.05, 4.69) is 15.3 Å². The van der Waals surface area contributed by atoms with Crippen LogP contribution in [0.5, 0.6) is 0 Å². The van der Waals surface area contributed by atoms with E-state index in [0.717, 1.165) is 36.3 Å². The number of aliphatic hydroxyl groups excluding tert-OH is 1. The van der Waals surface area contributed by atoms with Crippen LogP contribution in [0, 0.1) is 11.8 Å². The topological polar surface area (TPSA) is 84.1 Å². The molecule has 7 nitrogen and oxygen atoms in total. The molecule has 0 aromatic carbocycles. The molecule has 144 valence electrons. The third kappa shape index (κ3) is 3.12. The van der Waals surface area contributed by atoms with Gasteiger partial charge in [-0.15, -0.1) is 5.10 Å². The molecule has 8 heteroatoms. The normalized spacial score (nSPS) is 27.0. The highest BCUT2D eigenvalue weighted by Gasteiger charge is 2.44. The number of carbonyl (C=O) groups excluding carboxylic acids is 1. The van der Waals surface area contributed by atoms with Gasteiger partial charge in [0.15, 0.2) is 0 Å².